The van der Waals surface area contributed by atoms with Gasteiger partial charge in [-0.25, -0.2) is 4.52 Å². The van der Waals surface area contributed by atoms with Crippen LogP contribution in [-0.4, -0.2) is 79.5 Å². The molecule has 2 fully saturated rings. The molecule has 0 saturated carbocycles. The maximum absolute atomic E-state index is 13.2. The molecule has 0 aromatic carbocycles. The zero-order chi connectivity index (χ0) is 26.4. The van der Waals surface area contributed by atoms with E-state index in [9.17, 15) is 9.59 Å². The molecule has 2 aliphatic heterocycles. The third kappa shape index (κ3) is 4.59. The number of thiazole rings is 1. The van der Waals surface area contributed by atoms with Gasteiger partial charge in [0.2, 0.25) is 0 Å². The summed E-state index contributed by atoms with van der Waals surface area (Å²) in [5.74, 6) is -0.516. The topological polar surface area (TPSA) is 119 Å². The number of aromatic nitrogens is 5. The zero-order valence-electron chi connectivity index (χ0n) is 21.6. The molecule has 0 radical (unpaired) electrons. The number of nitrogens with zero attached hydrogens (tertiary/aromatic N) is 6. The van der Waals surface area contributed by atoms with Crippen LogP contribution in [0, 0.1) is 13.8 Å². The third-order valence-corrected chi connectivity index (χ3v) is 8.51. The summed E-state index contributed by atoms with van der Waals surface area (Å²) in [5.41, 5.74) is 3.90. The van der Waals surface area contributed by atoms with Gasteiger partial charge in [0.25, 0.3) is 11.8 Å². The SMILES string of the molecule is Cc1ncc(C(=O)NCCN2C3CCC2COC3)cc1NC(=O)c1cnn2cc(-c3cn(C)nc3C)sc12. The van der Waals surface area contributed by atoms with Gasteiger partial charge in [-0.3, -0.25) is 24.2 Å². The first kappa shape index (κ1) is 24.7. The van der Waals surface area contributed by atoms with E-state index in [1.807, 2.05) is 26.4 Å². The largest absolute Gasteiger partial charge is 0.378 e. The molecule has 2 amide bonds. The van der Waals surface area contributed by atoms with E-state index in [1.165, 1.54) is 11.3 Å². The molecule has 6 heterocycles. The maximum Gasteiger partial charge on any atom is 0.260 e. The normalized spacial score (nSPS) is 19.2. The number of hydrogen-bond acceptors (Lipinski definition) is 8. The Morgan fingerprint density at radius 1 is 1.11 bits per heavy atom. The summed E-state index contributed by atoms with van der Waals surface area (Å²) in [6.07, 6.45) is 9.27. The average molecular weight is 535 g/mol. The fourth-order valence-electron chi connectivity index (χ4n) is 5.36. The van der Waals surface area contributed by atoms with E-state index in [-0.39, 0.29) is 11.8 Å². The van der Waals surface area contributed by atoms with Gasteiger partial charge in [0.15, 0.2) is 0 Å². The monoisotopic (exact) mass is 534 g/mol. The molecule has 2 aliphatic rings. The number of hydrogen-bond donors (Lipinski definition) is 2. The van der Waals surface area contributed by atoms with Gasteiger partial charge in [-0.15, -0.1) is 11.3 Å². The molecule has 2 unspecified atom stereocenters. The van der Waals surface area contributed by atoms with Crippen LogP contribution in [0.2, 0.25) is 0 Å². The number of morpholine rings is 1. The molecule has 2 saturated heterocycles. The van der Waals surface area contributed by atoms with Crippen LogP contribution in [0.5, 0.6) is 0 Å². The fraction of sp³-hybridized carbons (Fsp3) is 0.423. The minimum atomic E-state index is -0.304. The van der Waals surface area contributed by atoms with Crippen LogP contribution in [0.25, 0.3) is 15.3 Å². The molecule has 198 valence electrons. The molecule has 2 N–H and O–H groups in total. The molecule has 4 aromatic heterocycles. The van der Waals surface area contributed by atoms with Crippen molar-refractivity contribution < 1.29 is 14.3 Å². The summed E-state index contributed by atoms with van der Waals surface area (Å²) in [6.45, 7) is 6.65. The lowest BCUT2D eigenvalue weighted by molar-refractivity contribution is -0.0135. The van der Waals surface area contributed by atoms with Gasteiger partial charge >= 0.3 is 0 Å². The Kier molecular flexibility index (Phi) is 6.46. The second-order valence-corrected chi connectivity index (χ2v) is 11.0. The Morgan fingerprint density at radius 3 is 2.63 bits per heavy atom. The number of ether oxygens (including phenoxy) is 1. The summed E-state index contributed by atoms with van der Waals surface area (Å²) >= 11 is 1.48. The van der Waals surface area contributed by atoms with Crippen LogP contribution in [0.15, 0.2) is 30.9 Å². The molecule has 11 nitrogen and oxygen atoms in total. The van der Waals surface area contributed by atoms with Crippen LogP contribution < -0.4 is 10.6 Å². The first-order valence-corrected chi connectivity index (χ1v) is 13.6. The highest BCUT2D eigenvalue weighted by atomic mass is 32.1. The number of aryl methyl sites for hydroxylation is 3. The Bertz CT molecular complexity index is 1510. The molecular formula is C26H30N8O3S. The van der Waals surface area contributed by atoms with E-state index in [0.29, 0.717) is 41.1 Å². The Morgan fingerprint density at radius 2 is 1.89 bits per heavy atom. The molecule has 0 spiro atoms. The molecular weight excluding hydrogens is 504 g/mol. The van der Waals surface area contributed by atoms with Gasteiger partial charge in [-0.05, 0) is 32.8 Å². The van der Waals surface area contributed by atoms with Crippen molar-refractivity contribution in [3.8, 4) is 10.4 Å². The summed E-state index contributed by atoms with van der Waals surface area (Å²) < 4.78 is 9.11. The van der Waals surface area contributed by atoms with Crippen LogP contribution >= 0.6 is 11.3 Å². The number of carbonyl (C=O) groups is 2. The summed E-state index contributed by atoms with van der Waals surface area (Å²) in [4.78, 5) is 34.6. The van der Waals surface area contributed by atoms with Crippen LogP contribution in [-0.2, 0) is 11.8 Å². The summed E-state index contributed by atoms with van der Waals surface area (Å²) in [6, 6.07) is 2.58. The zero-order valence-corrected chi connectivity index (χ0v) is 22.4. The Labute approximate surface area is 223 Å². The molecule has 2 bridgehead atoms. The number of rotatable bonds is 7. The van der Waals surface area contributed by atoms with Crippen molar-refractivity contribution in [3.63, 3.8) is 0 Å². The molecule has 38 heavy (non-hydrogen) atoms. The average Bonchev–Trinajstić information content (AvgIpc) is 3.61. The highest BCUT2D eigenvalue weighted by Gasteiger charge is 2.36. The van der Waals surface area contributed by atoms with Gasteiger partial charge in [0, 0.05) is 56.4 Å². The van der Waals surface area contributed by atoms with Crippen LogP contribution in [0.1, 0.15) is 44.9 Å². The van der Waals surface area contributed by atoms with Crippen molar-refractivity contribution in [3.05, 3.63) is 53.4 Å². The standard InChI is InChI=1S/C26H30N8O3S/c1-15-21(11-32(3)31-15)23-12-34-26(38-23)20(10-29-34)25(36)30-22-8-17(9-28-16(22)2)24(35)27-6-7-33-18-4-5-19(33)14-37-13-18/h8-12,18-19H,4-7,13-14H2,1-3H3,(H,27,35)(H,30,36). The number of fused-ring (bicyclic) bond motifs is 3. The van der Waals surface area contributed by atoms with E-state index < -0.39 is 0 Å². The summed E-state index contributed by atoms with van der Waals surface area (Å²) in [7, 11) is 1.88. The summed E-state index contributed by atoms with van der Waals surface area (Å²) in [5, 5.41) is 14.7. The lowest BCUT2D eigenvalue weighted by atomic mass is 10.2. The minimum Gasteiger partial charge on any atom is -0.378 e. The third-order valence-electron chi connectivity index (χ3n) is 7.36. The molecule has 2 atom stereocenters. The van der Waals surface area contributed by atoms with Gasteiger partial charge in [-0.2, -0.15) is 10.2 Å². The Balaban J connectivity index is 1.13. The van der Waals surface area contributed by atoms with Crippen molar-refractivity contribution in [2.24, 2.45) is 7.05 Å². The Hall–Kier alpha value is -3.61. The van der Waals surface area contributed by atoms with Gasteiger partial charge in [0.1, 0.15) is 4.83 Å². The second-order valence-electron chi connectivity index (χ2n) is 9.93. The number of carbonyl (C=O) groups excluding carboxylic acids is 2. The van der Waals surface area contributed by atoms with E-state index in [2.05, 4.69) is 30.7 Å². The molecule has 6 rings (SSSR count). The predicted octanol–water partition coefficient (Wildman–Crippen LogP) is 2.65. The number of pyridine rings is 1. The molecule has 4 aromatic rings. The van der Waals surface area contributed by atoms with Crippen molar-refractivity contribution >= 4 is 33.7 Å². The van der Waals surface area contributed by atoms with Gasteiger partial charge in [-0.1, -0.05) is 0 Å². The lowest BCUT2D eigenvalue weighted by Gasteiger charge is -2.34. The minimum absolute atomic E-state index is 0.212. The number of anilines is 1. The lowest BCUT2D eigenvalue weighted by Crippen LogP contribution is -2.48. The number of amides is 2. The quantitative estimate of drug-likeness (QED) is 0.374. The van der Waals surface area contributed by atoms with E-state index in [0.717, 1.165) is 53.6 Å². The number of nitrogens with one attached hydrogen (secondary N) is 2. The predicted molar refractivity (Wildman–Crippen MR) is 144 cm³/mol. The van der Waals surface area contributed by atoms with Gasteiger partial charge < -0.3 is 15.4 Å². The second kappa shape index (κ2) is 9.93. The first-order chi connectivity index (χ1) is 18.4. The maximum atomic E-state index is 13.2. The molecule has 0 aliphatic carbocycles. The van der Waals surface area contributed by atoms with E-state index >= 15 is 0 Å². The van der Waals surface area contributed by atoms with E-state index in [4.69, 9.17) is 4.74 Å². The highest BCUT2D eigenvalue weighted by molar-refractivity contribution is 7.21. The highest BCUT2D eigenvalue weighted by Crippen LogP contribution is 2.32. The molecule has 12 heteroatoms. The van der Waals surface area contributed by atoms with Crippen molar-refractivity contribution in [2.75, 3.05) is 31.6 Å². The first-order valence-electron chi connectivity index (χ1n) is 12.7. The van der Waals surface area contributed by atoms with E-state index in [1.54, 1.807) is 34.6 Å². The smallest absolute Gasteiger partial charge is 0.260 e. The fourth-order valence-corrected chi connectivity index (χ4v) is 6.48. The van der Waals surface area contributed by atoms with Crippen molar-refractivity contribution in [2.45, 2.75) is 38.8 Å². The van der Waals surface area contributed by atoms with Crippen molar-refractivity contribution in [1.29, 1.82) is 0 Å². The van der Waals surface area contributed by atoms with Crippen LogP contribution in [0.4, 0.5) is 5.69 Å². The van der Waals surface area contributed by atoms with Crippen LogP contribution in [0.3, 0.4) is 0 Å². The van der Waals surface area contributed by atoms with Gasteiger partial charge in [0.05, 0.1) is 52.5 Å². The van der Waals surface area contributed by atoms with Crippen molar-refractivity contribution in [1.82, 2.24) is 34.6 Å².